The van der Waals surface area contributed by atoms with Crippen LogP contribution in [0, 0.1) is 10.8 Å². The Hall–Kier alpha value is -1.13. The Morgan fingerprint density at radius 3 is 2.25 bits per heavy atom. The van der Waals surface area contributed by atoms with Crippen molar-refractivity contribution in [1.82, 2.24) is 9.88 Å². The smallest absolute Gasteiger partial charge is 0.137 e. The highest BCUT2D eigenvalue weighted by molar-refractivity contribution is 5.23. The summed E-state index contributed by atoms with van der Waals surface area (Å²) in [5.74, 6) is 0.838. The Morgan fingerprint density at radius 1 is 0.857 bits per heavy atom. The maximum atomic E-state index is 5.80. The lowest BCUT2D eigenvalue weighted by molar-refractivity contribution is 0.0817. The van der Waals surface area contributed by atoms with E-state index in [1.165, 1.54) is 24.8 Å². The lowest BCUT2D eigenvalue weighted by atomic mass is 9.90. The Bertz CT molecular complexity index is 532. The van der Waals surface area contributed by atoms with Gasteiger partial charge in [-0.15, -0.1) is 0 Å². The fourth-order valence-corrected chi connectivity index (χ4v) is 2.85. The predicted octanol–water partition coefficient (Wildman–Crippen LogP) is 5.60. The number of hydrogen-bond donors (Lipinski definition) is 0. The fourth-order valence-electron chi connectivity index (χ4n) is 2.85. The summed E-state index contributed by atoms with van der Waals surface area (Å²) in [7, 11) is 2.21. The van der Waals surface area contributed by atoms with Crippen molar-refractivity contribution in [2.45, 2.75) is 73.6 Å². The standard InChI is InChI=1S/C24H44N2O2/c1-23(2,3)11-8-9-13-26(7)14-10-21-18-22(20-25-19-21)28-17-16-27-15-12-24(4,5)6/h18-20H,8-17H2,1-7H3. The summed E-state index contributed by atoms with van der Waals surface area (Å²) in [6, 6.07) is 2.11. The first-order valence-electron chi connectivity index (χ1n) is 10.9. The topological polar surface area (TPSA) is 34.6 Å². The highest BCUT2D eigenvalue weighted by atomic mass is 16.5. The minimum absolute atomic E-state index is 0.318. The van der Waals surface area contributed by atoms with Crippen LogP contribution in [0.2, 0.25) is 0 Å². The Morgan fingerprint density at radius 2 is 1.57 bits per heavy atom. The molecule has 0 saturated heterocycles. The van der Waals surface area contributed by atoms with E-state index < -0.39 is 0 Å². The molecule has 0 amide bonds. The molecule has 4 nitrogen and oxygen atoms in total. The lowest BCUT2D eigenvalue weighted by Crippen LogP contribution is -2.22. The van der Waals surface area contributed by atoms with Crippen LogP contribution in [0.1, 0.15) is 72.8 Å². The fraction of sp³-hybridized carbons (Fsp3) is 0.792. The molecule has 0 aliphatic heterocycles. The van der Waals surface area contributed by atoms with E-state index >= 15 is 0 Å². The van der Waals surface area contributed by atoms with Crippen LogP contribution in [0.15, 0.2) is 18.5 Å². The van der Waals surface area contributed by atoms with E-state index in [0.717, 1.165) is 38.3 Å². The highest BCUT2D eigenvalue weighted by Crippen LogP contribution is 2.21. The van der Waals surface area contributed by atoms with Crippen LogP contribution in [0.5, 0.6) is 5.75 Å². The molecule has 1 aromatic heterocycles. The van der Waals surface area contributed by atoms with Gasteiger partial charge in [0.05, 0.1) is 12.8 Å². The number of pyridine rings is 1. The van der Waals surface area contributed by atoms with Crippen LogP contribution >= 0.6 is 0 Å². The number of rotatable bonds is 13. The Labute approximate surface area is 174 Å². The van der Waals surface area contributed by atoms with Crippen LogP contribution in [-0.4, -0.2) is 49.8 Å². The van der Waals surface area contributed by atoms with Crippen molar-refractivity contribution >= 4 is 0 Å². The maximum Gasteiger partial charge on any atom is 0.137 e. The molecule has 4 heteroatoms. The highest BCUT2D eigenvalue weighted by Gasteiger charge is 2.10. The summed E-state index contributed by atoms with van der Waals surface area (Å²) in [5.41, 5.74) is 1.99. The summed E-state index contributed by atoms with van der Waals surface area (Å²) in [6.45, 7) is 17.8. The minimum atomic E-state index is 0.318. The number of aromatic nitrogens is 1. The van der Waals surface area contributed by atoms with Gasteiger partial charge in [-0.3, -0.25) is 4.98 Å². The molecule has 28 heavy (non-hydrogen) atoms. The van der Waals surface area contributed by atoms with E-state index in [9.17, 15) is 0 Å². The number of nitrogens with zero attached hydrogens (tertiary/aromatic N) is 2. The molecule has 0 fully saturated rings. The van der Waals surface area contributed by atoms with Crippen molar-refractivity contribution in [3.8, 4) is 5.75 Å². The summed E-state index contributed by atoms with van der Waals surface area (Å²) < 4.78 is 11.5. The lowest BCUT2D eigenvalue weighted by Gasteiger charge is -2.20. The Kier molecular flexibility index (Phi) is 11.1. The first kappa shape index (κ1) is 24.9. The van der Waals surface area contributed by atoms with Crippen molar-refractivity contribution in [2.24, 2.45) is 10.8 Å². The van der Waals surface area contributed by atoms with Crippen LogP contribution in [0.3, 0.4) is 0 Å². The SMILES string of the molecule is CN(CCCCC(C)(C)C)CCc1cncc(OCCOCCC(C)(C)C)c1. The van der Waals surface area contributed by atoms with Gasteiger partial charge >= 0.3 is 0 Å². The van der Waals surface area contributed by atoms with Gasteiger partial charge in [0.25, 0.3) is 0 Å². The summed E-state index contributed by atoms with van der Waals surface area (Å²) >= 11 is 0. The largest absolute Gasteiger partial charge is 0.490 e. The molecule has 1 heterocycles. The molecule has 0 aliphatic rings. The molecular formula is C24H44N2O2. The third-order valence-corrected chi connectivity index (χ3v) is 4.76. The van der Waals surface area contributed by atoms with Gasteiger partial charge in [0.15, 0.2) is 0 Å². The summed E-state index contributed by atoms with van der Waals surface area (Å²) in [4.78, 5) is 6.74. The third-order valence-electron chi connectivity index (χ3n) is 4.76. The molecule has 0 unspecified atom stereocenters. The van der Waals surface area contributed by atoms with Gasteiger partial charge in [-0.05, 0) is 61.7 Å². The second-order valence-corrected chi connectivity index (χ2v) is 10.4. The monoisotopic (exact) mass is 392 g/mol. The predicted molar refractivity (Wildman–Crippen MR) is 119 cm³/mol. The average Bonchev–Trinajstić information content (AvgIpc) is 2.58. The zero-order chi connectivity index (χ0) is 21.0. The number of hydrogen-bond acceptors (Lipinski definition) is 4. The van der Waals surface area contributed by atoms with Crippen LogP contribution in [0.4, 0.5) is 0 Å². The van der Waals surface area contributed by atoms with Gasteiger partial charge in [-0.2, -0.15) is 0 Å². The number of ether oxygens (including phenoxy) is 2. The number of likely N-dealkylation sites (N-methyl/N-ethyl adjacent to an activating group) is 1. The van der Waals surface area contributed by atoms with Gasteiger partial charge in [-0.25, -0.2) is 0 Å². The molecule has 0 aliphatic carbocycles. The molecule has 0 bridgehead atoms. The molecule has 0 spiro atoms. The van der Waals surface area contributed by atoms with Crippen molar-refractivity contribution in [1.29, 1.82) is 0 Å². The van der Waals surface area contributed by atoms with Gasteiger partial charge in [0.2, 0.25) is 0 Å². The van der Waals surface area contributed by atoms with E-state index in [1.54, 1.807) is 6.20 Å². The molecule has 0 aromatic carbocycles. The van der Waals surface area contributed by atoms with E-state index in [-0.39, 0.29) is 0 Å². The van der Waals surface area contributed by atoms with Gasteiger partial charge in [-0.1, -0.05) is 48.0 Å². The quantitative estimate of drug-likeness (QED) is 0.409. The van der Waals surface area contributed by atoms with Crippen LogP contribution in [-0.2, 0) is 11.2 Å². The third kappa shape index (κ3) is 14.0. The summed E-state index contributed by atoms with van der Waals surface area (Å²) in [5, 5.41) is 0. The van der Waals surface area contributed by atoms with Gasteiger partial charge in [0, 0.05) is 19.3 Å². The minimum Gasteiger partial charge on any atom is -0.490 e. The van der Waals surface area contributed by atoms with Gasteiger partial charge in [0.1, 0.15) is 12.4 Å². The Balaban J connectivity index is 2.20. The van der Waals surface area contributed by atoms with E-state index in [1.807, 2.05) is 6.20 Å². The van der Waals surface area contributed by atoms with Crippen molar-refractivity contribution < 1.29 is 9.47 Å². The van der Waals surface area contributed by atoms with Crippen LogP contribution < -0.4 is 4.74 Å². The molecule has 162 valence electrons. The van der Waals surface area contributed by atoms with Crippen molar-refractivity contribution in [3.63, 3.8) is 0 Å². The summed E-state index contributed by atoms with van der Waals surface area (Å²) in [6.07, 6.45) is 9.66. The van der Waals surface area contributed by atoms with Crippen LogP contribution in [0.25, 0.3) is 0 Å². The zero-order valence-electron chi connectivity index (χ0n) is 19.5. The molecule has 0 atom stereocenters. The molecule has 0 saturated carbocycles. The maximum absolute atomic E-state index is 5.80. The molecule has 0 radical (unpaired) electrons. The normalized spacial score (nSPS) is 12.6. The second-order valence-electron chi connectivity index (χ2n) is 10.4. The zero-order valence-corrected chi connectivity index (χ0v) is 19.5. The van der Waals surface area contributed by atoms with Crippen molar-refractivity contribution in [3.05, 3.63) is 24.0 Å². The molecule has 1 rings (SSSR count). The first-order chi connectivity index (χ1) is 13.1. The van der Waals surface area contributed by atoms with E-state index in [0.29, 0.717) is 24.0 Å². The van der Waals surface area contributed by atoms with E-state index in [4.69, 9.17) is 9.47 Å². The second kappa shape index (κ2) is 12.4. The van der Waals surface area contributed by atoms with Gasteiger partial charge < -0.3 is 14.4 Å². The number of unbranched alkanes of at least 4 members (excludes halogenated alkanes) is 1. The molecule has 1 aromatic rings. The van der Waals surface area contributed by atoms with E-state index in [2.05, 4.69) is 64.5 Å². The molecular weight excluding hydrogens is 348 g/mol. The first-order valence-corrected chi connectivity index (χ1v) is 10.9. The van der Waals surface area contributed by atoms with Crippen molar-refractivity contribution in [2.75, 3.05) is 40.0 Å². The average molecular weight is 393 g/mol. The molecule has 0 N–H and O–H groups in total.